The van der Waals surface area contributed by atoms with E-state index >= 15 is 0 Å². The van der Waals surface area contributed by atoms with E-state index in [-0.39, 0.29) is 40.8 Å². The van der Waals surface area contributed by atoms with Gasteiger partial charge in [0.25, 0.3) is 0 Å². The lowest BCUT2D eigenvalue weighted by Gasteiger charge is -2.39. The number of carbonyl (C=O) groups is 1. The van der Waals surface area contributed by atoms with Crippen LogP contribution in [0.3, 0.4) is 0 Å². The number of carbonyl (C=O) groups excluding carboxylic acids is 1. The molecule has 0 aromatic carbocycles. The average Bonchev–Trinajstić information content (AvgIpc) is 3.46. The van der Waals surface area contributed by atoms with E-state index in [0.717, 1.165) is 45.1 Å². The molecule has 0 amide bonds. The first-order valence-corrected chi connectivity index (χ1v) is 14.3. The van der Waals surface area contributed by atoms with Crippen LogP contribution in [0, 0.1) is 10.8 Å². The summed E-state index contributed by atoms with van der Waals surface area (Å²) in [5.41, 5.74) is -0.352. The van der Waals surface area contributed by atoms with Crippen molar-refractivity contribution in [3.8, 4) is 11.8 Å². The van der Waals surface area contributed by atoms with E-state index in [9.17, 15) is 9.90 Å². The number of nitrogens with zero attached hydrogens (tertiary/aromatic N) is 3. The van der Waals surface area contributed by atoms with Gasteiger partial charge >= 0.3 is 0 Å². The minimum Gasteiger partial charge on any atom is -0.511 e. The minimum absolute atomic E-state index is 0.0202. The van der Waals surface area contributed by atoms with Gasteiger partial charge in [-0.05, 0) is 79.3 Å². The van der Waals surface area contributed by atoms with E-state index in [0.29, 0.717) is 55.6 Å². The molecule has 5 rings (SSSR count). The number of hydrogen-bond acceptors (Lipinski definition) is 9. The van der Waals surface area contributed by atoms with Crippen molar-refractivity contribution in [2.45, 2.75) is 109 Å². The number of aliphatic hydroxyl groups excluding tert-OH is 1. The standard InChI is InChI=1S/C29H43N5O4/c1-18(21-10-8-14-34(21)4)37-23-15-24(38-19-16-28(2,3)31-17-19)33-27(32-23)25(30)20-9-7-13-29(26(20)36)12-6-5-11-22(29)35/h15,18-19,21,30-31,36H,5-14,16-17H2,1-4H3/t18-,19?,21-,29+/m0/s1. The fourth-order valence-electron chi connectivity index (χ4n) is 6.87. The van der Waals surface area contributed by atoms with Crippen LogP contribution in [0.25, 0.3) is 0 Å². The Hall–Kier alpha value is -2.52. The van der Waals surface area contributed by atoms with Gasteiger partial charge in [-0.3, -0.25) is 15.1 Å². The fourth-order valence-corrected chi connectivity index (χ4v) is 6.87. The molecule has 3 N–H and O–H groups in total. The second-order valence-corrected chi connectivity index (χ2v) is 12.4. The Kier molecular flexibility index (Phi) is 7.52. The Morgan fingerprint density at radius 3 is 2.63 bits per heavy atom. The van der Waals surface area contributed by atoms with E-state index in [1.54, 1.807) is 6.07 Å². The van der Waals surface area contributed by atoms with Crippen molar-refractivity contribution in [1.29, 1.82) is 5.41 Å². The van der Waals surface area contributed by atoms with Gasteiger partial charge in [0.2, 0.25) is 11.8 Å². The molecule has 1 spiro atoms. The summed E-state index contributed by atoms with van der Waals surface area (Å²) < 4.78 is 12.6. The third-order valence-corrected chi connectivity index (χ3v) is 9.02. The summed E-state index contributed by atoms with van der Waals surface area (Å²) in [4.78, 5) is 24.5. The van der Waals surface area contributed by atoms with E-state index in [4.69, 9.17) is 14.9 Å². The van der Waals surface area contributed by atoms with Crippen LogP contribution in [-0.4, -0.2) is 75.4 Å². The predicted octanol–water partition coefficient (Wildman–Crippen LogP) is 4.35. The molecule has 4 aliphatic rings. The van der Waals surface area contributed by atoms with E-state index in [2.05, 4.69) is 48.0 Å². The van der Waals surface area contributed by atoms with Crippen molar-refractivity contribution in [1.82, 2.24) is 20.2 Å². The van der Waals surface area contributed by atoms with E-state index in [1.807, 2.05) is 0 Å². The van der Waals surface area contributed by atoms with Crippen molar-refractivity contribution < 1.29 is 19.4 Å². The molecular weight excluding hydrogens is 482 g/mol. The molecule has 4 atom stereocenters. The first-order chi connectivity index (χ1) is 18.1. The van der Waals surface area contributed by atoms with Gasteiger partial charge in [0.05, 0.1) is 11.5 Å². The maximum atomic E-state index is 13.0. The minimum atomic E-state index is -0.853. The van der Waals surface area contributed by atoms with Crippen molar-refractivity contribution in [2.75, 3.05) is 20.1 Å². The monoisotopic (exact) mass is 525 g/mol. The Morgan fingerprint density at radius 1 is 1.18 bits per heavy atom. The van der Waals surface area contributed by atoms with Gasteiger partial charge in [-0.2, -0.15) is 9.97 Å². The molecule has 0 radical (unpaired) electrons. The van der Waals surface area contributed by atoms with Gasteiger partial charge in [-0.1, -0.05) is 6.42 Å². The van der Waals surface area contributed by atoms with Gasteiger partial charge < -0.3 is 19.9 Å². The highest BCUT2D eigenvalue weighted by atomic mass is 16.5. The fraction of sp³-hybridized carbons (Fsp3) is 0.724. The number of aromatic nitrogens is 2. The first kappa shape index (κ1) is 27.1. The lowest BCUT2D eigenvalue weighted by Crippen LogP contribution is -2.39. The molecule has 3 heterocycles. The van der Waals surface area contributed by atoms with Gasteiger partial charge in [0.15, 0.2) is 5.82 Å². The molecule has 0 bridgehead atoms. The number of ketones is 1. The molecule has 38 heavy (non-hydrogen) atoms. The lowest BCUT2D eigenvalue weighted by atomic mass is 9.64. The highest BCUT2D eigenvalue weighted by Crippen LogP contribution is 2.48. The first-order valence-electron chi connectivity index (χ1n) is 14.3. The summed E-state index contributed by atoms with van der Waals surface area (Å²) in [6, 6.07) is 2.01. The van der Waals surface area contributed by atoms with Crippen LogP contribution < -0.4 is 14.8 Å². The van der Waals surface area contributed by atoms with Crippen LogP contribution in [0.1, 0.15) is 90.8 Å². The number of aliphatic hydroxyl groups is 1. The van der Waals surface area contributed by atoms with Gasteiger partial charge in [-0.25, -0.2) is 0 Å². The number of allylic oxidation sites excluding steroid dienone is 2. The second kappa shape index (κ2) is 10.6. The Balaban J connectivity index is 1.46. The van der Waals surface area contributed by atoms with Gasteiger partial charge in [0, 0.05) is 36.5 Å². The van der Waals surface area contributed by atoms with Crippen LogP contribution >= 0.6 is 0 Å². The largest absolute Gasteiger partial charge is 0.511 e. The molecule has 2 aliphatic heterocycles. The molecule has 1 unspecified atom stereocenters. The van der Waals surface area contributed by atoms with Crippen molar-refractivity contribution >= 4 is 11.5 Å². The van der Waals surface area contributed by atoms with Crippen molar-refractivity contribution in [3.63, 3.8) is 0 Å². The molecule has 1 saturated carbocycles. The topological polar surface area (TPSA) is 121 Å². The summed E-state index contributed by atoms with van der Waals surface area (Å²) in [7, 11) is 2.11. The number of rotatable bonds is 7. The van der Waals surface area contributed by atoms with Gasteiger partial charge in [0.1, 0.15) is 29.5 Å². The molecule has 9 nitrogen and oxygen atoms in total. The predicted molar refractivity (Wildman–Crippen MR) is 145 cm³/mol. The summed E-state index contributed by atoms with van der Waals surface area (Å²) in [6.45, 7) is 8.10. The summed E-state index contributed by atoms with van der Waals surface area (Å²) >= 11 is 0. The Bertz CT molecular complexity index is 1120. The van der Waals surface area contributed by atoms with E-state index in [1.165, 1.54) is 0 Å². The maximum absolute atomic E-state index is 13.0. The Morgan fingerprint density at radius 2 is 1.95 bits per heavy atom. The molecule has 208 valence electrons. The third-order valence-electron chi connectivity index (χ3n) is 9.02. The van der Waals surface area contributed by atoms with Crippen LogP contribution in [-0.2, 0) is 4.79 Å². The number of nitrogens with one attached hydrogen (secondary N) is 2. The van der Waals surface area contributed by atoms with E-state index < -0.39 is 5.41 Å². The summed E-state index contributed by atoms with van der Waals surface area (Å²) in [5.74, 6) is 1.05. The van der Waals surface area contributed by atoms with Crippen LogP contribution in [0.4, 0.5) is 0 Å². The molecule has 2 saturated heterocycles. The zero-order valence-electron chi connectivity index (χ0n) is 23.3. The zero-order chi connectivity index (χ0) is 27.1. The maximum Gasteiger partial charge on any atom is 0.221 e. The highest BCUT2D eigenvalue weighted by Gasteiger charge is 2.47. The number of likely N-dealkylation sites (N-methyl/N-ethyl adjacent to an activating group) is 1. The van der Waals surface area contributed by atoms with Crippen LogP contribution in [0.5, 0.6) is 11.8 Å². The Labute approximate surface area is 225 Å². The normalized spacial score (nSPS) is 30.6. The van der Waals surface area contributed by atoms with Crippen molar-refractivity contribution in [2.24, 2.45) is 5.41 Å². The molecule has 1 aromatic rings. The number of Topliss-reactive ketones (excluding diaryl/α,β-unsaturated/α-hetero) is 1. The molecule has 2 aliphatic carbocycles. The smallest absolute Gasteiger partial charge is 0.221 e. The van der Waals surface area contributed by atoms with Crippen LogP contribution in [0.2, 0.25) is 0 Å². The molecular formula is C29H43N5O4. The SMILES string of the molecule is C[C@H](Oc1cc(OC2CNC(C)(C)C2)nc(C(=N)C2=C(O)[C@]3(CCCCC3=O)CCC2)n1)[C@@H]1CCCN1C. The molecule has 1 aromatic heterocycles. The summed E-state index contributed by atoms with van der Waals surface area (Å²) in [5, 5.41) is 23.9. The summed E-state index contributed by atoms with van der Waals surface area (Å²) in [6.07, 6.45) is 7.71. The number of ether oxygens (including phenoxy) is 2. The van der Waals surface area contributed by atoms with Crippen molar-refractivity contribution in [3.05, 3.63) is 23.2 Å². The molecule has 9 heteroatoms. The number of hydrogen-bond donors (Lipinski definition) is 3. The molecule has 3 fully saturated rings. The second-order valence-electron chi connectivity index (χ2n) is 12.4. The van der Waals surface area contributed by atoms with Crippen LogP contribution in [0.15, 0.2) is 17.4 Å². The highest BCUT2D eigenvalue weighted by molar-refractivity contribution is 6.09. The quantitative estimate of drug-likeness (QED) is 0.450. The zero-order valence-corrected chi connectivity index (χ0v) is 23.3. The average molecular weight is 526 g/mol. The third kappa shape index (κ3) is 5.32. The van der Waals surface area contributed by atoms with Gasteiger partial charge in [-0.15, -0.1) is 0 Å². The lowest BCUT2D eigenvalue weighted by molar-refractivity contribution is -0.131. The number of likely N-dealkylation sites (tertiary alicyclic amines) is 1.